The standard InChI is InChI=1S/C18H25N3O4/c1-5-21-11-12(10-15(21)22)16(23)19-13-6-8-14(9-7-13)20-17(24)25-18(2,3)4/h6-9,12H,5,10-11H2,1-4H3,(H,19,23)(H,20,24). The van der Waals surface area contributed by atoms with E-state index in [2.05, 4.69) is 10.6 Å². The van der Waals surface area contributed by atoms with Crippen LogP contribution < -0.4 is 10.6 Å². The first-order valence-electron chi connectivity index (χ1n) is 8.36. The third-order valence-corrected chi connectivity index (χ3v) is 3.76. The average molecular weight is 347 g/mol. The van der Waals surface area contributed by atoms with E-state index in [1.165, 1.54) is 0 Å². The summed E-state index contributed by atoms with van der Waals surface area (Å²) in [5.74, 6) is -0.483. The van der Waals surface area contributed by atoms with Crippen molar-refractivity contribution in [2.75, 3.05) is 23.7 Å². The molecular weight excluding hydrogens is 322 g/mol. The van der Waals surface area contributed by atoms with E-state index in [0.29, 0.717) is 24.5 Å². The van der Waals surface area contributed by atoms with E-state index in [0.717, 1.165) is 0 Å². The van der Waals surface area contributed by atoms with Crippen LogP contribution in [0, 0.1) is 5.92 Å². The molecule has 1 aromatic rings. The lowest BCUT2D eigenvalue weighted by Gasteiger charge is -2.19. The predicted octanol–water partition coefficient (Wildman–Crippen LogP) is 2.84. The highest BCUT2D eigenvalue weighted by Crippen LogP contribution is 2.21. The minimum atomic E-state index is -0.566. The Labute approximate surface area is 147 Å². The number of hydrogen-bond donors (Lipinski definition) is 2. The number of nitrogens with one attached hydrogen (secondary N) is 2. The molecule has 2 rings (SSSR count). The second-order valence-corrected chi connectivity index (χ2v) is 7.03. The van der Waals surface area contributed by atoms with E-state index in [4.69, 9.17) is 4.74 Å². The van der Waals surface area contributed by atoms with Gasteiger partial charge in [0.05, 0.1) is 5.92 Å². The average Bonchev–Trinajstić information content (AvgIpc) is 2.88. The van der Waals surface area contributed by atoms with Crippen molar-refractivity contribution in [3.05, 3.63) is 24.3 Å². The molecule has 7 heteroatoms. The fraction of sp³-hybridized carbons (Fsp3) is 0.500. The lowest BCUT2D eigenvalue weighted by atomic mass is 10.1. The summed E-state index contributed by atoms with van der Waals surface area (Å²) in [5.41, 5.74) is 0.617. The number of hydrogen-bond acceptors (Lipinski definition) is 4. The van der Waals surface area contributed by atoms with E-state index in [1.54, 1.807) is 49.9 Å². The van der Waals surface area contributed by atoms with Gasteiger partial charge in [0, 0.05) is 30.9 Å². The highest BCUT2D eigenvalue weighted by molar-refractivity contribution is 5.97. The molecule has 1 aromatic carbocycles. The smallest absolute Gasteiger partial charge is 0.412 e. The van der Waals surface area contributed by atoms with Gasteiger partial charge in [0.2, 0.25) is 11.8 Å². The number of benzene rings is 1. The number of carbonyl (C=O) groups is 3. The first-order chi connectivity index (χ1) is 11.7. The van der Waals surface area contributed by atoms with Crippen LogP contribution in [0.25, 0.3) is 0 Å². The van der Waals surface area contributed by atoms with Gasteiger partial charge in [0.15, 0.2) is 0 Å². The molecule has 0 radical (unpaired) electrons. The quantitative estimate of drug-likeness (QED) is 0.877. The molecule has 1 aliphatic rings. The molecule has 2 N–H and O–H groups in total. The Balaban J connectivity index is 1.89. The minimum Gasteiger partial charge on any atom is -0.444 e. The molecular formula is C18H25N3O4. The molecule has 136 valence electrons. The molecule has 1 atom stereocenters. The van der Waals surface area contributed by atoms with Crippen molar-refractivity contribution in [2.24, 2.45) is 5.92 Å². The van der Waals surface area contributed by atoms with Crippen LogP contribution in [0.2, 0.25) is 0 Å². The summed E-state index contributed by atoms with van der Waals surface area (Å²) in [6, 6.07) is 6.74. The predicted molar refractivity (Wildman–Crippen MR) is 95.3 cm³/mol. The molecule has 0 bridgehead atoms. The second-order valence-electron chi connectivity index (χ2n) is 7.03. The van der Waals surface area contributed by atoms with Gasteiger partial charge in [0.1, 0.15) is 5.60 Å². The summed E-state index contributed by atoms with van der Waals surface area (Å²) in [6.07, 6.45) is -0.286. The molecule has 0 saturated carbocycles. The van der Waals surface area contributed by atoms with Gasteiger partial charge in [-0.1, -0.05) is 0 Å². The van der Waals surface area contributed by atoms with Crippen molar-refractivity contribution >= 4 is 29.3 Å². The maximum absolute atomic E-state index is 12.3. The first kappa shape index (κ1) is 18.8. The van der Waals surface area contributed by atoms with Gasteiger partial charge < -0.3 is 15.0 Å². The number of amides is 3. The van der Waals surface area contributed by atoms with Crippen LogP contribution >= 0.6 is 0 Å². The zero-order valence-electron chi connectivity index (χ0n) is 15.1. The molecule has 0 aliphatic carbocycles. The van der Waals surface area contributed by atoms with Crippen molar-refractivity contribution in [1.29, 1.82) is 0 Å². The van der Waals surface area contributed by atoms with E-state index in [-0.39, 0.29) is 24.2 Å². The van der Waals surface area contributed by atoms with Gasteiger partial charge in [-0.05, 0) is 52.0 Å². The Kier molecular flexibility index (Phi) is 5.66. The fourth-order valence-corrected chi connectivity index (χ4v) is 2.56. The Bertz CT molecular complexity index is 649. The van der Waals surface area contributed by atoms with Crippen LogP contribution in [0.3, 0.4) is 0 Å². The molecule has 3 amide bonds. The van der Waals surface area contributed by atoms with Crippen LogP contribution in [0.5, 0.6) is 0 Å². The zero-order chi connectivity index (χ0) is 18.6. The van der Waals surface area contributed by atoms with Crippen molar-refractivity contribution in [3.8, 4) is 0 Å². The van der Waals surface area contributed by atoms with Gasteiger partial charge in [-0.25, -0.2) is 4.79 Å². The lowest BCUT2D eigenvalue weighted by molar-refractivity contribution is -0.128. The van der Waals surface area contributed by atoms with Crippen molar-refractivity contribution in [1.82, 2.24) is 4.90 Å². The van der Waals surface area contributed by atoms with Gasteiger partial charge in [-0.2, -0.15) is 0 Å². The van der Waals surface area contributed by atoms with Crippen LogP contribution in [0.1, 0.15) is 34.1 Å². The Morgan fingerprint density at radius 2 is 1.72 bits per heavy atom. The van der Waals surface area contributed by atoms with E-state index >= 15 is 0 Å². The zero-order valence-corrected chi connectivity index (χ0v) is 15.1. The maximum Gasteiger partial charge on any atom is 0.412 e. The van der Waals surface area contributed by atoms with Crippen LogP contribution in [-0.4, -0.2) is 41.5 Å². The van der Waals surface area contributed by atoms with Crippen LogP contribution in [-0.2, 0) is 14.3 Å². The highest BCUT2D eigenvalue weighted by atomic mass is 16.6. The van der Waals surface area contributed by atoms with Crippen molar-refractivity contribution in [3.63, 3.8) is 0 Å². The van der Waals surface area contributed by atoms with Gasteiger partial charge in [0.25, 0.3) is 0 Å². The second kappa shape index (κ2) is 7.55. The topological polar surface area (TPSA) is 87.7 Å². The van der Waals surface area contributed by atoms with Gasteiger partial charge in [-0.15, -0.1) is 0 Å². The SMILES string of the molecule is CCN1CC(C(=O)Nc2ccc(NC(=O)OC(C)(C)C)cc2)CC1=O. The van der Waals surface area contributed by atoms with Gasteiger partial charge >= 0.3 is 6.09 Å². The van der Waals surface area contributed by atoms with Crippen LogP contribution in [0.15, 0.2) is 24.3 Å². The maximum atomic E-state index is 12.3. The van der Waals surface area contributed by atoms with Crippen molar-refractivity contribution < 1.29 is 19.1 Å². The summed E-state index contributed by atoms with van der Waals surface area (Å²) >= 11 is 0. The number of carbonyl (C=O) groups excluding carboxylic acids is 3. The third kappa shape index (κ3) is 5.48. The summed E-state index contributed by atoms with van der Waals surface area (Å²) < 4.78 is 5.18. The number of anilines is 2. The summed E-state index contributed by atoms with van der Waals surface area (Å²) in [7, 11) is 0. The fourth-order valence-electron chi connectivity index (χ4n) is 2.56. The lowest BCUT2D eigenvalue weighted by Crippen LogP contribution is -2.28. The molecule has 0 aromatic heterocycles. The molecule has 7 nitrogen and oxygen atoms in total. The number of rotatable bonds is 4. The Morgan fingerprint density at radius 1 is 1.16 bits per heavy atom. The molecule has 1 heterocycles. The largest absolute Gasteiger partial charge is 0.444 e. The van der Waals surface area contributed by atoms with Gasteiger partial charge in [-0.3, -0.25) is 14.9 Å². The molecule has 1 unspecified atom stereocenters. The molecule has 1 aliphatic heterocycles. The number of likely N-dealkylation sites (tertiary alicyclic amines) is 1. The minimum absolute atomic E-state index is 0.0135. The van der Waals surface area contributed by atoms with E-state index < -0.39 is 11.7 Å². The number of ether oxygens (including phenoxy) is 1. The van der Waals surface area contributed by atoms with E-state index in [9.17, 15) is 14.4 Å². The summed E-state index contributed by atoms with van der Waals surface area (Å²) in [6.45, 7) is 8.34. The molecule has 25 heavy (non-hydrogen) atoms. The Hall–Kier alpha value is -2.57. The highest BCUT2D eigenvalue weighted by Gasteiger charge is 2.33. The Morgan fingerprint density at radius 3 is 2.20 bits per heavy atom. The normalized spacial score (nSPS) is 17.4. The first-order valence-corrected chi connectivity index (χ1v) is 8.36. The molecule has 1 saturated heterocycles. The third-order valence-electron chi connectivity index (χ3n) is 3.76. The number of nitrogens with zero attached hydrogens (tertiary/aromatic N) is 1. The molecule has 0 spiro atoms. The monoisotopic (exact) mass is 347 g/mol. The van der Waals surface area contributed by atoms with E-state index in [1.807, 2.05) is 6.92 Å². The summed E-state index contributed by atoms with van der Waals surface area (Å²) in [4.78, 5) is 37.4. The summed E-state index contributed by atoms with van der Waals surface area (Å²) in [5, 5.41) is 5.43. The van der Waals surface area contributed by atoms with Crippen LogP contribution in [0.4, 0.5) is 16.2 Å². The van der Waals surface area contributed by atoms with Crippen molar-refractivity contribution in [2.45, 2.75) is 39.7 Å². The molecule has 1 fully saturated rings.